The van der Waals surface area contributed by atoms with Gasteiger partial charge in [0, 0.05) is 11.1 Å². The Morgan fingerprint density at radius 1 is 1.17 bits per heavy atom. The molecular formula is C17H16ClNO4. The number of phenols is 1. The summed E-state index contributed by atoms with van der Waals surface area (Å²) >= 11 is 5.83. The van der Waals surface area contributed by atoms with Gasteiger partial charge in [-0.25, -0.2) is 4.79 Å². The molecule has 3 N–H and O–H groups in total. The van der Waals surface area contributed by atoms with E-state index in [4.69, 9.17) is 16.7 Å². The van der Waals surface area contributed by atoms with Crippen molar-refractivity contribution in [1.82, 2.24) is 5.32 Å². The molecule has 0 radical (unpaired) electrons. The van der Waals surface area contributed by atoms with Crippen LogP contribution in [0.4, 0.5) is 0 Å². The van der Waals surface area contributed by atoms with Crippen LogP contribution in [-0.4, -0.2) is 28.1 Å². The molecule has 0 unspecified atom stereocenters. The lowest BCUT2D eigenvalue weighted by atomic mass is 10.0. The number of aromatic carboxylic acids is 1. The van der Waals surface area contributed by atoms with Crippen LogP contribution < -0.4 is 5.32 Å². The number of nitrogens with one attached hydrogen (secondary N) is 1. The van der Waals surface area contributed by atoms with Gasteiger partial charge in [0.05, 0.1) is 11.1 Å². The highest BCUT2D eigenvalue weighted by molar-refractivity contribution is 6.31. The van der Waals surface area contributed by atoms with Gasteiger partial charge in [0.25, 0.3) is 5.91 Å². The second kappa shape index (κ2) is 7.15. The van der Waals surface area contributed by atoms with Crippen LogP contribution in [0.25, 0.3) is 0 Å². The van der Waals surface area contributed by atoms with Gasteiger partial charge in [0.1, 0.15) is 5.75 Å². The third-order valence-corrected chi connectivity index (χ3v) is 3.56. The number of hydrogen-bond acceptors (Lipinski definition) is 3. The van der Waals surface area contributed by atoms with Crippen LogP contribution in [0.5, 0.6) is 5.75 Å². The van der Waals surface area contributed by atoms with Crippen molar-refractivity contribution in [1.29, 1.82) is 0 Å². The number of halogens is 1. The SMILES string of the molecule is C[C@@H](Cc1ccc(C(=O)O)cc1)NC(=O)c1cc(Cl)ccc1O. The molecule has 5 nitrogen and oxygen atoms in total. The van der Waals surface area contributed by atoms with Crippen molar-refractivity contribution in [3.63, 3.8) is 0 Å². The zero-order valence-corrected chi connectivity index (χ0v) is 13.2. The van der Waals surface area contributed by atoms with E-state index in [1.54, 1.807) is 12.1 Å². The molecule has 0 aromatic heterocycles. The molecule has 2 rings (SSSR count). The smallest absolute Gasteiger partial charge is 0.335 e. The molecule has 0 aliphatic heterocycles. The number of hydrogen-bond donors (Lipinski definition) is 3. The number of rotatable bonds is 5. The maximum absolute atomic E-state index is 12.2. The Balaban J connectivity index is 2.01. The van der Waals surface area contributed by atoms with E-state index in [1.807, 2.05) is 6.92 Å². The van der Waals surface area contributed by atoms with E-state index in [0.29, 0.717) is 11.4 Å². The fraction of sp³-hybridized carbons (Fsp3) is 0.176. The van der Waals surface area contributed by atoms with Crippen molar-refractivity contribution in [3.8, 4) is 5.75 Å². The van der Waals surface area contributed by atoms with Crippen LogP contribution in [0.3, 0.4) is 0 Å². The predicted molar refractivity (Wildman–Crippen MR) is 87.2 cm³/mol. The predicted octanol–water partition coefficient (Wildman–Crippen LogP) is 3.10. The molecule has 1 atom stereocenters. The third-order valence-electron chi connectivity index (χ3n) is 3.32. The summed E-state index contributed by atoms with van der Waals surface area (Å²) in [4.78, 5) is 23.0. The molecule has 0 spiro atoms. The molecule has 2 aromatic rings. The molecular weight excluding hydrogens is 318 g/mol. The summed E-state index contributed by atoms with van der Waals surface area (Å²) in [5.41, 5.74) is 1.23. The first kappa shape index (κ1) is 16.8. The average molecular weight is 334 g/mol. The summed E-state index contributed by atoms with van der Waals surface area (Å²) in [5, 5.41) is 21.7. The Morgan fingerprint density at radius 3 is 2.43 bits per heavy atom. The van der Waals surface area contributed by atoms with E-state index >= 15 is 0 Å². The molecule has 23 heavy (non-hydrogen) atoms. The summed E-state index contributed by atoms with van der Waals surface area (Å²) in [6.07, 6.45) is 0.535. The van der Waals surface area contributed by atoms with E-state index < -0.39 is 11.9 Å². The number of carboxylic acids is 1. The van der Waals surface area contributed by atoms with Gasteiger partial charge in [-0.15, -0.1) is 0 Å². The Labute approximate surface area is 138 Å². The normalized spacial score (nSPS) is 11.7. The molecule has 0 saturated heterocycles. The molecule has 0 aliphatic rings. The van der Waals surface area contributed by atoms with Gasteiger partial charge in [0.15, 0.2) is 0 Å². The summed E-state index contributed by atoms with van der Waals surface area (Å²) in [6, 6.07) is 10.5. The maximum Gasteiger partial charge on any atom is 0.335 e. The number of amides is 1. The van der Waals surface area contributed by atoms with Crippen molar-refractivity contribution < 1.29 is 19.8 Å². The molecule has 0 fully saturated rings. The molecule has 0 bridgehead atoms. The quantitative estimate of drug-likeness (QED) is 0.784. The fourth-order valence-corrected chi connectivity index (χ4v) is 2.35. The molecule has 0 saturated carbocycles. The lowest BCUT2D eigenvalue weighted by molar-refractivity contribution is 0.0696. The van der Waals surface area contributed by atoms with E-state index in [1.165, 1.54) is 30.3 Å². The number of carbonyl (C=O) groups excluding carboxylic acids is 1. The standard InChI is InChI=1S/C17H16ClNO4/c1-10(8-11-2-4-12(5-3-11)17(22)23)19-16(21)14-9-13(18)6-7-15(14)20/h2-7,9-10,20H,8H2,1H3,(H,19,21)(H,22,23)/t10-/m0/s1. The minimum absolute atomic E-state index is 0.116. The second-order valence-corrected chi connectivity index (χ2v) is 5.68. The van der Waals surface area contributed by atoms with E-state index in [2.05, 4.69) is 5.32 Å². The number of aromatic hydroxyl groups is 1. The van der Waals surface area contributed by atoms with Gasteiger partial charge in [-0.05, 0) is 49.2 Å². The fourth-order valence-electron chi connectivity index (χ4n) is 2.18. The number of phenolic OH excluding ortho intramolecular Hbond substituents is 1. The summed E-state index contributed by atoms with van der Waals surface area (Å²) in [5.74, 6) is -1.53. The lowest BCUT2D eigenvalue weighted by Crippen LogP contribution is -2.34. The van der Waals surface area contributed by atoms with Crippen LogP contribution in [0, 0.1) is 0 Å². The van der Waals surface area contributed by atoms with Crippen molar-refractivity contribution in [3.05, 3.63) is 64.2 Å². The topological polar surface area (TPSA) is 86.6 Å². The van der Waals surface area contributed by atoms with Crippen molar-refractivity contribution in [2.75, 3.05) is 0 Å². The van der Waals surface area contributed by atoms with Crippen LogP contribution >= 0.6 is 11.6 Å². The molecule has 1 amide bonds. The highest BCUT2D eigenvalue weighted by atomic mass is 35.5. The summed E-state index contributed by atoms with van der Waals surface area (Å²) in [6.45, 7) is 1.82. The Bertz CT molecular complexity index is 728. The van der Waals surface area contributed by atoms with Crippen LogP contribution in [0.2, 0.25) is 5.02 Å². The monoisotopic (exact) mass is 333 g/mol. The first-order valence-corrected chi connectivity index (χ1v) is 7.36. The summed E-state index contributed by atoms with van der Waals surface area (Å²) < 4.78 is 0. The van der Waals surface area contributed by atoms with Crippen molar-refractivity contribution >= 4 is 23.5 Å². The number of carboxylic acid groups (broad SMARTS) is 1. The van der Waals surface area contributed by atoms with E-state index in [-0.39, 0.29) is 22.9 Å². The lowest BCUT2D eigenvalue weighted by Gasteiger charge is -2.15. The summed E-state index contributed by atoms with van der Waals surface area (Å²) in [7, 11) is 0. The number of carbonyl (C=O) groups is 2. The Hall–Kier alpha value is -2.53. The zero-order valence-electron chi connectivity index (χ0n) is 12.4. The average Bonchev–Trinajstić information content (AvgIpc) is 2.50. The third kappa shape index (κ3) is 4.47. The molecule has 0 heterocycles. The Kier molecular flexibility index (Phi) is 5.24. The Morgan fingerprint density at radius 2 is 1.83 bits per heavy atom. The van der Waals surface area contributed by atoms with Crippen LogP contribution in [0.1, 0.15) is 33.2 Å². The van der Waals surface area contributed by atoms with E-state index in [0.717, 1.165) is 5.56 Å². The minimum Gasteiger partial charge on any atom is -0.507 e. The van der Waals surface area contributed by atoms with Gasteiger partial charge in [-0.2, -0.15) is 0 Å². The first-order chi connectivity index (χ1) is 10.9. The maximum atomic E-state index is 12.2. The van der Waals surface area contributed by atoms with Gasteiger partial charge in [-0.1, -0.05) is 23.7 Å². The van der Waals surface area contributed by atoms with Gasteiger partial charge in [0.2, 0.25) is 0 Å². The van der Waals surface area contributed by atoms with Crippen molar-refractivity contribution in [2.45, 2.75) is 19.4 Å². The van der Waals surface area contributed by atoms with Gasteiger partial charge >= 0.3 is 5.97 Å². The highest BCUT2D eigenvalue weighted by Gasteiger charge is 2.14. The van der Waals surface area contributed by atoms with Crippen LogP contribution in [0.15, 0.2) is 42.5 Å². The molecule has 2 aromatic carbocycles. The molecule has 0 aliphatic carbocycles. The molecule has 6 heteroatoms. The van der Waals surface area contributed by atoms with Gasteiger partial charge in [-0.3, -0.25) is 4.79 Å². The minimum atomic E-state index is -0.977. The molecule has 120 valence electrons. The van der Waals surface area contributed by atoms with E-state index in [9.17, 15) is 14.7 Å². The highest BCUT2D eigenvalue weighted by Crippen LogP contribution is 2.21. The number of benzene rings is 2. The largest absolute Gasteiger partial charge is 0.507 e. The van der Waals surface area contributed by atoms with Crippen molar-refractivity contribution in [2.24, 2.45) is 0 Å². The first-order valence-electron chi connectivity index (χ1n) is 6.98. The van der Waals surface area contributed by atoms with Crippen LogP contribution in [-0.2, 0) is 6.42 Å². The van der Waals surface area contributed by atoms with Gasteiger partial charge < -0.3 is 15.5 Å². The zero-order chi connectivity index (χ0) is 17.0. The second-order valence-electron chi connectivity index (χ2n) is 5.24.